The molecule has 0 spiro atoms. The van der Waals surface area contributed by atoms with Crippen LogP contribution in [0.5, 0.6) is 0 Å². The first-order chi connectivity index (χ1) is 10.8. The Bertz CT molecular complexity index is 855. The number of aromatic nitrogens is 1. The standard InChI is InChI=1S/C14H13Cl2N3O3S.ClH/c15-10-4-11(14(18)20)13(17)19(6-10)5-8-1-2-12(16)9(3-8)7-23(21)22;/h1-4,6,17H,5,7H2,(H2,18,20)(H,21,22);1H/p-1. The summed E-state index contributed by atoms with van der Waals surface area (Å²) < 4.78 is 23.1. The van der Waals surface area contributed by atoms with Crippen LogP contribution in [-0.4, -0.2) is 19.2 Å². The second-order valence-electron chi connectivity index (χ2n) is 4.79. The first kappa shape index (κ1) is 20.7. The van der Waals surface area contributed by atoms with Gasteiger partial charge < -0.3 is 14.9 Å². The normalized spacial score (nSPS) is 11.6. The SMILES string of the molecule is Cl.N=c1c(C(N)=O)cc(Cl)cn1Cc1ccc(Cl)c(CS(=O)[O-])c1. The molecule has 0 saturated heterocycles. The summed E-state index contributed by atoms with van der Waals surface area (Å²) in [5, 5.41) is 8.62. The van der Waals surface area contributed by atoms with E-state index in [2.05, 4.69) is 0 Å². The summed E-state index contributed by atoms with van der Waals surface area (Å²) in [4.78, 5) is 11.3. The van der Waals surface area contributed by atoms with Crippen molar-refractivity contribution in [1.29, 1.82) is 5.41 Å². The average Bonchev–Trinajstić information content (AvgIpc) is 2.45. The van der Waals surface area contributed by atoms with Crippen molar-refractivity contribution in [3.63, 3.8) is 0 Å². The van der Waals surface area contributed by atoms with E-state index in [9.17, 15) is 13.6 Å². The molecule has 0 bridgehead atoms. The smallest absolute Gasteiger partial charge is 0.252 e. The van der Waals surface area contributed by atoms with Crippen molar-refractivity contribution in [2.75, 3.05) is 0 Å². The molecule has 0 aliphatic rings. The molecule has 0 aliphatic heterocycles. The van der Waals surface area contributed by atoms with Gasteiger partial charge >= 0.3 is 0 Å². The monoisotopic (exact) mass is 408 g/mol. The van der Waals surface area contributed by atoms with Crippen LogP contribution in [0.25, 0.3) is 0 Å². The number of benzene rings is 1. The zero-order chi connectivity index (χ0) is 17.1. The van der Waals surface area contributed by atoms with Crippen LogP contribution in [0.4, 0.5) is 0 Å². The summed E-state index contributed by atoms with van der Waals surface area (Å²) in [6.07, 6.45) is 1.50. The molecular weight excluding hydrogens is 397 g/mol. The van der Waals surface area contributed by atoms with Gasteiger partial charge in [-0.1, -0.05) is 46.4 Å². The maximum atomic E-state index is 11.3. The molecular formula is C14H13Cl3N3O3S-. The number of hydrogen-bond donors (Lipinski definition) is 2. The Labute approximate surface area is 156 Å². The zero-order valence-electron chi connectivity index (χ0n) is 12.1. The fourth-order valence-electron chi connectivity index (χ4n) is 2.08. The Morgan fingerprint density at radius 2 is 2.00 bits per heavy atom. The van der Waals surface area contributed by atoms with E-state index in [4.69, 9.17) is 34.3 Å². The van der Waals surface area contributed by atoms with Gasteiger partial charge in [0.25, 0.3) is 5.91 Å². The van der Waals surface area contributed by atoms with E-state index >= 15 is 0 Å². The zero-order valence-corrected chi connectivity index (χ0v) is 15.3. The fourth-order valence-corrected chi connectivity index (χ4v) is 3.07. The third-order valence-electron chi connectivity index (χ3n) is 3.11. The van der Waals surface area contributed by atoms with Crippen LogP contribution in [0.3, 0.4) is 0 Å². The summed E-state index contributed by atoms with van der Waals surface area (Å²) in [6.45, 7) is 0.218. The van der Waals surface area contributed by atoms with Gasteiger partial charge in [0.2, 0.25) is 0 Å². The number of pyridine rings is 1. The summed E-state index contributed by atoms with van der Waals surface area (Å²) in [5.41, 5.74) is 6.33. The number of primary amides is 1. The lowest BCUT2D eigenvalue weighted by Gasteiger charge is -2.13. The van der Waals surface area contributed by atoms with Crippen LogP contribution in [0.2, 0.25) is 10.0 Å². The summed E-state index contributed by atoms with van der Waals surface area (Å²) in [5.74, 6) is -0.947. The van der Waals surface area contributed by atoms with Gasteiger partial charge in [-0.25, -0.2) is 0 Å². The largest absolute Gasteiger partial charge is 0.772 e. The predicted octanol–water partition coefficient (Wildman–Crippen LogP) is 2.22. The fraction of sp³-hybridized carbons (Fsp3) is 0.143. The van der Waals surface area contributed by atoms with Gasteiger partial charge in [-0.05, 0) is 23.3 Å². The third-order valence-corrected chi connectivity index (χ3v) is 4.23. The molecule has 1 amide bonds. The predicted molar refractivity (Wildman–Crippen MR) is 94.2 cm³/mol. The first-order valence-electron chi connectivity index (χ1n) is 6.35. The van der Waals surface area contributed by atoms with Crippen molar-refractivity contribution >= 4 is 52.6 Å². The van der Waals surface area contributed by atoms with E-state index < -0.39 is 17.0 Å². The van der Waals surface area contributed by atoms with E-state index in [0.717, 1.165) is 0 Å². The van der Waals surface area contributed by atoms with Gasteiger partial charge in [-0.15, -0.1) is 12.4 Å². The Hall–Kier alpha value is -1.38. The van der Waals surface area contributed by atoms with E-state index in [1.807, 2.05) is 0 Å². The minimum atomic E-state index is -2.26. The molecule has 3 N–H and O–H groups in total. The summed E-state index contributed by atoms with van der Waals surface area (Å²) in [6, 6.07) is 6.26. The van der Waals surface area contributed by atoms with Crippen LogP contribution < -0.4 is 11.2 Å². The van der Waals surface area contributed by atoms with Crippen LogP contribution in [0, 0.1) is 5.41 Å². The van der Waals surface area contributed by atoms with Crippen molar-refractivity contribution in [3.8, 4) is 0 Å². The molecule has 1 unspecified atom stereocenters. The second-order valence-corrected chi connectivity index (χ2v) is 6.53. The van der Waals surface area contributed by atoms with E-state index in [1.165, 1.54) is 16.8 Å². The summed E-state index contributed by atoms with van der Waals surface area (Å²) >= 11 is 9.65. The number of carbonyl (C=O) groups excluding carboxylic acids is 1. The van der Waals surface area contributed by atoms with Crippen molar-refractivity contribution in [2.45, 2.75) is 12.3 Å². The van der Waals surface area contributed by atoms with Gasteiger partial charge in [-0.3, -0.25) is 14.4 Å². The number of nitrogens with two attached hydrogens (primary N) is 1. The van der Waals surface area contributed by atoms with Crippen LogP contribution in [0.15, 0.2) is 30.5 Å². The van der Waals surface area contributed by atoms with E-state index in [1.54, 1.807) is 18.2 Å². The molecule has 2 aromatic rings. The number of halogens is 3. The van der Waals surface area contributed by atoms with Gasteiger partial charge in [0.1, 0.15) is 5.49 Å². The molecule has 24 heavy (non-hydrogen) atoms. The van der Waals surface area contributed by atoms with Crippen LogP contribution in [-0.2, 0) is 23.4 Å². The maximum Gasteiger partial charge on any atom is 0.252 e. The number of nitrogens with zero attached hydrogens (tertiary/aromatic N) is 1. The molecule has 6 nitrogen and oxygen atoms in total. The number of nitrogens with one attached hydrogen (secondary N) is 1. The van der Waals surface area contributed by atoms with E-state index in [-0.39, 0.29) is 40.8 Å². The molecule has 0 aliphatic carbocycles. The average molecular weight is 410 g/mol. The Morgan fingerprint density at radius 1 is 1.33 bits per heavy atom. The van der Waals surface area contributed by atoms with Crippen molar-refractivity contribution in [3.05, 3.63) is 62.7 Å². The van der Waals surface area contributed by atoms with Gasteiger partial charge in [0.05, 0.1) is 10.6 Å². The number of rotatable bonds is 5. The lowest BCUT2D eigenvalue weighted by molar-refractivity contribution is 0.0997. The minimum Gasteiger partial charge on any atom is -0.772 e. The third kappa shape index (κ3) is 5.06. The number of hydrogen-bond acceptors (Lipinski definition) is 4. The minimum absolute atomic E-state index is 0. The highest BCUT2D eigenvalue weighted by Crippen LogP contribution is 2.20. The quantitative estimate of drug-likeness (QED) is 0.738. The number of carbonyl (C=O) groups is 1. The molecule has 1 aromatic heterocycles. The van der Waals surface area contributed by atoms with Gasteiger partial charge in [0, 0.05) is 23.5 Å². The molecule has 130 valence electrons. The molecule has 0 radical (unpaired) electrons. The maximum absolute atomic E-state index is 11.3. The Balaban J connectivity index is 0.00000288. The van der Waals surface area contributed by atoms with Crippen molar-refractivity contribution in [2.24, 2.45) is 5.73 Å². The Morgan fingerprint density at radius 3 is 2.58 bits per heavy atom. The Kier molecular flexibility index (Phi) is 7.44. The highest BCUT2D eigenvalue weighted by molar-refractivity contribution is 7.78. The molecule has 0 fully saturated rings. The van der Waals surface area contributed by atoms with Crippen molar-refractivity contribution in [1.82, 2.24) is 4.57 Å². The topological polar surface area (TPSA) is 112 Å². The lowest BCUT2D eigenvalue weighted by atomic mass is 10.1. The first-order valence-corrected chi connectivity index (χ1v) is 8.35. The van der Waals surface area contributed by atoms with Gasteiger partial charge in [-0.2, -0.15) is 0 Å². The molecule has 2 rings (SSSR count). The highest BCUT2D eigenvalue weighted by Gasteiger charge is 2.09. The lowest BCUT2D eigenvalue weighted by Crippen LogP contribution is -2.29. The molecule has 1 heterocycles. The molecule has 1 aromatic carbocycles. The van der Waals surface area contributed by atoms with Gasteiger partial charge in [0.15, 0.2) is 0 Å². The van der Waals surface area contributed by atoms with Crippen molar-refractivity contribution < 1.29 is 13.6 Å². The van der Waals surface area contributed by atoms with Crippen LogP contribution >= 0.6 is 35.6 Å². The molecule has 1 atom stereocenters. The molecule has 0 saturated carbocycles. The van der Waals surface area contributed by atoms with E-state index in [0.29, 0.717) is 16.1 Å². The molecule has 10 heteroatoms. The number of amides is 1. The van der Waals surface area contributed by atoms with Crippen LogP contribution in [0.1, 0.15) is 21.5 Å². The second kappa shape index (κ2) is 8.64. The summed E-state index contributed by atoms with van der Waals surface area (Å²) in [7, 11) is 0. The highest BCUT2D eigenvalue weighted by atomic mass is 35.5.